The Morgan fingerprint density at radius 2 is 1.56 bits per heavy atom. The molecule has 1 aromatic rings. The molecule has 0 aromatic heterocycles. The molecule has 0 radical (unpaired) electrons. The number of aryl methyl sites for hydroxylation is 2. The van der Waals surface area contributed by atoms with Crippen LogP contribution in [-0.4, -0.2) is 24.8 Å². The predicted molar refractivity (Wildman–Crippen MR) is 113 cm³/mol. The van der Waals surface area contributed by atoms with Gasteiger partial charge in [-0.15, -0.1) is 0 Å². The average Bonchev–Trinajstić information content (AvgIpc) is 2.63. The Morgan fingerprint density at radius 3 is 2.11 bits per heavy atom. The van der Waals surface area contributed by atoms with Crippen molar-refractivity contribution in [1.82, 2.24) is 0 Å². The molecule has 5 heteroatoms. The molecule has 1 N–H and O–H groups in total. The van der Waals surface area contributed by atoms with Gasteiger partial charge >= 0.3 is 0 Å². The van der Waals surface area contributed by atoms with Crippen molar-refractivity contribution < 1.29 is 17.7 Å². The fourth-order valence-electron chi connectivity index (χ4n) is 3.22. The van der Waals surface area contributed by atoms with E-state index in [-0.39, 0.29) is 6.61 Å². The zero-order valence-electron chi connectivity index (χ0n) is 17.4. The fourth-order valence-corrected chi connectivity index (χ4v) is 3.88. The summed E-state index contributed by atoms with van der Waals surface area (Å²) in [6, 6.07) is 6.29. The van der Waals surface area contributed by atoms with Crippen LogP contribution in [0, 0.1) is 0 Å². The van der Waals surface area contributed by atoms with E-state index in [0.29, 0.717) is 6.42 Å². The lowest BCUT2D eigenvalue weighted by Gasteiger charge is -2.17. The number of rotatable bonds is 15. The topological polar surface area (TPSA) is 63.6 Å². The van der Waals surface area contributed by atoms with E-state index < -0.39 is 15.4 Å². The molecule has 0 fully saturated rings. The van der Waals surface area contributed by atoms with Crippen molar-refractivity contribution in [3.8, 4) is 5.75 Å². The Morgan fingerprint density at radius 1 is 0.926 bits per heavy atom. The molecule has 0 amide bonds. The largest absolute Gasteiger partial charge is 0.492 e. The van der Waals surface area contributed by atoms with Crippen molar-refractivity contribution in [2.45, 2.75) is 96.7 Å². The van der Waals surface area contributed by atoms with Crippen LogP contribution in [0.4, 0.5) is 0 Å². The summed E-state index contributed by atoms with van der Waals surface area (Å²) < 4.78 is 38.0. The molecular formula is C22H38O4S. The van der Waals surface area contributed by atoms with Gasteiger partial charge in [0.25, 0.3) is 10.1 Å². The van der Waals surface area contributed by atoms with Gasteiger partial charge in [-0.05, 0) is 49.3 Å². The normalized spacial score (nSPS) is 12.9. The van der Waals surface area contributed by atoms with Gasteiger partial charge in [-0.1, -0.05) is 71.4 Å². The Balaban J connectivity index is 2.79. The third kappa shape index (κ3) is 9.61. The summed E-state index contributed by atoms with van der Waals surface area (Å²) in [7, 11) is -4.07. The van der Waals surface area contributed by atoms with Gasteiger partial charge < -0.3 is 4.74 Å². The molecule has 0 heterocycles. The fraction of sp³-hybridized carbons (Fsp3) is 0.727. The van der Waals surface area contributed by atoms with Crippen molar-refractivity contribution in [3.05, 3.63) is 29.3 Å². The Bertz CT molecular complexity index is 625. The van der Waals surface area contributed by atoms with Crippen molar-refractivity contribution in [1.29, 1.82) is 0 Å². The van der Waals surface area contributed by atoms with Gasteiger partial charge in [-0.2, -0.15) is 8.42 Å². The monoisotopic (exact) mass is 398 g/mol. The predicted octanol–water partition coefficient (Wildman–Crippen LogP) is 5.98. The second kappa shape index (κ2) is 13.2. The third-order valence-electron chi connectivity index (χ3n) is 5.04. The molecule has 156 valence electrons. The molecule has 0 spiro atoms. The molecule has 0 saturated heterocycles. The first kappa shape index (κ1) is 24.0. The van der Waals surface area contributed by atoms with Crippen LogP contribution in [0.2, 0.25) is 0 Å². The lowest BCUT2D eigenvalue weighted by atomic mass is 9.99. The van der Waals surface area contributed by atoms with Crippen molar-refractivity contribution in [2.24, 2.45) is 0 Å². The van der Waals surface area contributed by atoms with Gasteiger partial charge in [0.05, 0.1) is 0 Å². The van der Waals surface area contributed by atoms with E-state index in [1.165, 1.54) is 50.5 Å². The Kier molecular flexibility index (Phi) is 11.7. The second-order valence-electron chi connectivity index (χ2n) is 7.42. The molecule has 0 aliphatic rings. The number of hydrogen-bond acceptors (Lipinski definition) is 3. The van der Waals surface area contributed by atoms with Crippen LogP contribution in [0.25, 0.3) is 0 Å². The molecule has 1 unspecified atom stereocenters. The summed E-state index contributed by atoms with van der Waals surface area (Å²) in [5.74, 6) is 0.755. The maximum absolute atomic E-state index is 11.4. The maximum Gasteiger partial charge on any atom is 0.271 e. The van der Waals surface area contributed by atoms with Crippen molar-refractivity contribution in [2.75, 3.05) is 6.61 Å². The van der Waals surface area contributed by atoms with E-state index in [1.54, 1.807) is 6.92 Å². The highest BCUT2D eigenvalue weighted by Gasteiger charge is 2.22. The molecule has 4 nitrogen and oxygen atoms in total. The standard InChI is InChI=1S/C22H38O4S/c1-4-7-9-11-13-19-15-16-22(20(17-19)14-12-10-8-5-2)26-18-21(6-3)27(23,24)25/h15-17,21H,4-14,18H2,1-3H3,(H,23,24,25). The SMILES string of the molecule is CCCCCCc1ccc(OCC(CC)S(=O)(=O)O)c(CCCCCC)c1. The number of benzene rings is 1. The minimum Gasteiger partial charge on any atom is -0.492 e. The van der Waals surface area contributed by atoms with Gasteiger partial charge in [-0.25, -0.2) is 0 Å². The summed E-state index contributed by atoms with van der Waals surface area (Å²) in [5.41, 5.74) is 2.48. The van der Waals surface area contributed by atoms with Crippen LogP contribution in [0.5, 0.6) is 5.75 Å². The molecule has 0 aliphatic heterocycles. The van der Waals surface area contributed by atoms with Crippen LogP contribution in [0.3, 0.4) is 0 Å². The van der Waals surface area contributed by atoms with Crippen LogP contribution < -0.4 is 4.74 Å². The minimum atomic E-state index is -4.07. The van der Waals surface area contributed by atoms with Crippen molar-refractivity contribution in [3.63, 3.8) is 0 Å². The first-order valence-electron chi connectivity index (χ1n) is 10.6. The van der Waals surface area contributed by atoms with Crippen LogP contribution >= 0.6 is 0 Å². The van der Waals surface area contributed by atoms with E-state index >= 15 is 0 Å². The second-order valence-corrected chi connectivity index (χ2v) is 9.12. The summed E-state index contributed by atoms with van der Waals surface area (Å²) in [6.07, 6.45) is 12.1. The lowest BCUT2D eigenvalue weighted by molar-refractivity contribution is 0.299. The van der Waals surface area contributed by atoms with Crippen LogP contribution in [-0.2, 0) is 23.0 Å². The summed E-state index contributed by atoms with van der Waals surface area (Å²) in [5, 5.41) is -0.876. The van der Waals surface area contributed by atoms with Crippen LogP contribution in [0.1, 0.15) is 89.7 Å². The van der Waals surface area contributed by atoms with Crippen LogP contribution in [0.15, 0.2) is 18.2 Å². The minimum absolute atomic E-state index is 0.00681. The van der Waals surface area contributed by atoms with Gasteiger partial charge in [0.15, 0.2) is 0 Å². The van der Waals surface area contributed by atoms with Gasteiger partial charge in [-0.3, -0.25) is 4.55 Å². The lowest BCUT2D eigenvalue weighted by Crippen LogP contribution is -2.27. The summed E-state index contributed by atoms with van der Waals surface area (Å²) >= 11 is 0. The number of unbranched alkanes of at least 4 members (excludes halogenated alkanes) is 6. The van der Waals surface area contributed by atoms with Gasteiger partial charge in [0.1, 0.15) is 17.6 Å². The smallest absolute Gasteiger partial charge is 0.271 e. The first-order valence-corrected chi connectivity index (χ1v) is 12.1. The molecule has 27 heavy (non-hydrogen) atoms. The zero-order chi connectivity index (χ0) is 20.1. The Hall–Kier alpha value is -1.07. The zero-order valence-corrected chi connectivity index (χ0v) is 18.2. The molecule has 1 rings (SSSR count). The first-order chi connectivity index (χ1) is 12.9. The van der Waals surface area contributed by atoms with E-state index in [9.17, 15) is 13.0 Å². The molecule has 1 atom stereocenters. The number of hydrogen-bond donors (Lipinski definition) is 1. The average molecular weight is 399 g/mol. The summed E-state index contributed by atoms with van der Waals surface area (Å²) in [6.45, 7) is 6.16. The van der Waals surface area contributed by atoms with E-state index in [0.717, 1.165) is 30.6 Å². The number of ether oxygens (including phenoxy) is 1. The molecule has 0 saturated carbocycles. The quantitative estimate of drug-likeness (QED) is 0.292. The molecular weight excluding hydrogens is 360 g/mol. The van der Waals surface area contributed by atoms with Gasteiger partial charge in [0.2, 0.25) is 0 Å². The van der Waals surface area contributed by atoms with E-state index in [1.807, 2.05) is 6.07 Å². The third-order valence-corrected chi connectivity index (χ3v) is 6.36. The molecule has 0 aliphatic carbocycles. The van der Waals surface area contributed by atoms with Gasteiger partial charge in [0, 0.05) is 0 Å². The van der Waals surface area contributed by atoms with E-state index in [4.69, 9.17) is 4.74 Å². The molecule has 1 aromatic carbocycles. The molecule has 0 bridgehead atoms. The maximum atomic E-state index is 11.4. The van der Waals surface area contributed by atoms with E-state index in [2.05, 4.69) is 26.0 Å². The highest BCUT2D eigenvalue weighted by molar-refractivity contribution is 7.86. The highest BCUT2D eigenvalue weighted by Crippen LogP contribution is 2.25. The highest BCUT2D eigenvalue weighted by atomic mass is 32.2. The Labute approximate surface area is 166 Å². The summed E-state index contributed by atoms with van der Waals surface area (Å²) in [4.78, 5) is 0. The van der Waals surface area contributed by atoms with Crippen molar-refractivity contribution >= 4 is 10.1 Å².